The summed E-state index contributed by atoms with van der Waals surface area (Å²) in [6.07, 6.45) is 3.24. The summed E-state index contributed by atoms with van der Waals surface area (Å²) in [5, 5.41) is 0. The van der Waals surface area contributed by atoms with Gasteiger partial charge in [0.1, 0.15) is 12.4 Å². The van der Waals surface area contributed by atoms with E-state index < -0.39 is 0 Å². The normalized spacial score (nSPS) is 14.2. The highest BCUT2D eigenvalue weighted by atomic mass is 16.5. The van der Waals surface area contributed by atoms with Crippen LogP contribution in [0.15, 0.2) is 18.2 Å². The van der Waals surface area contributed by atoms with Crippen LogP contribution in [0.2, 0.25) is 0 Å². The van der Waals surface area contributed by atoms with Gasteiger partial charge in [-0.15, -0.1) is 0 Å². The molecule has 2 rings (SSSR count). The molecule has 0 aromatic heterocycles. The molecule has 90 valence electrons. The molecule has 1 aliphatic heterocycles. The Bertz CT molecular complexity index is 473. The molecule has 0 spiro atoms. The molecule has 0 radical (unpaired) electrons. The molecule has 3 heteroatoms. The summed E-state index contributed by atoms with van der Waals surface area (Å²) in [6, 6.07) is 4.09. The van der Waals surface area contributed by atoms with Crippen LogP contribution in [0.4, 0.5) is 0 Å². The van der Waals surface area contributed by atoms with E-state index in [4.69, 9.17) is 9.47 Å². The molecule has 0 atom stereocenters. The average Bonchev–Trinajstić information content (AvgIpc) is 2.50. The Morgan fingerprint density at radius 2 is 2.06 bits per heavy atom. The van der Waals surface area contributed by atoms with Crippen LogP contribution in [-0.4, -0.2) is 13.1 Å². The van der Waals surface area contributed by atoms with Crippen LogP contribution < -0.4 is 4.74 Å². The second kappa shape index (κ2) is 4.62. The Balaban J connectivity index is 2.55. The van der Waals surface area contributed by atoms with Crippen LogP contribution in [0, 0.1) is 0 Å². The van der Waals surface area contributed by atoms with E-state index >= 15 is 0 Å². The summed E-state index contributed by atoms with van der Waals surface area (Å²) in [7, 11) is 1.64. The molecular formula is C14H16O3. The standard InChI is InChI=1S/C14H16O3/c1-9(2)11-6-10-4-5-14(15)17-8-12(10)13(7-11)16-3/h4-7,9H,8H2,1-3H3. The quantitative estimate of drug-likeness (QED) is 0.735. The fourth-order valence-corrected chi connectivity index (χ4v) is 1.86. The largest absolute Gasteiger partial charge is 0.496 e. The molecular weight excluding hydrogens is 216 g/mol. The molecule has 0 saturated heterocycles. The van der Waals surface area contributed by atoms with E-state index in [1.165, 1.54) is 11.6 Å². The second-order valence-corrected chi connectivity index (χ2v) is 4.39. The number of carbonyl (C=O) groups is 1. The molecule has 1 aromatic carbocycles. The van der Waals surface area contributed by atoms with Crippen molar-refractivity contribution in [2.24, 2.45) is 0 Å². The van der Waals surface area contributed by atoms with Crippen LogP contribution >= 0.6 is 0 Å². The lowest BCUT2D eigenvalue weighted by molar-refractivity contribution is -0.138. The van der Waals surface area contributed by atoms with E-state index in [-0.39, 0.29) is 12.6 Å². The van der Waals surface area contributed by atoms with Gasteiger partial charge >= 0.3 is 5.97 Å². The molecule has 0 N–H and O–H groups in total. The molecule has 1 aromatic rings. The lowest BCUT2D eigenvalue weighted by Gasteiger charge is -2.14. The zero-order chi connectivity index (χ0) is 12.4. The third-order valence-corrected chi connectivity index (χ3v) is 2.91. The minimum Gasteiger partial charge on any atom is -0.496 e. The predicted octanol–water partition coefficient (Wildman–Crippen LogP) is 2.89. The van der Waals surface area contributed by atoms with Crippen LogP contribution in [0.25, 0.3) is 6.08 Å². The Labute approximate surface area is 101 Å². The van der Waals surface area contributed by atoms with Gasteiger partial charge in [0.25, 0.3) is 0 Å². The summed E-state index contributed by atoms with van der Waals surface area (Å²) in [5.41, 5.74) is 3.12. The van der Waals surface area contributed by atoms with Gasteiger partial charge in [-0.3, -0.25) is 0 Å². The first-order valence-electron chi connectivity index (χ1n) is 5.67. The molecule has 1 heterocycles. The van der Waals surface area contributed by atoms with Gasteiger partial charge in [-0.2, -0.15) is 0 Å². The molecule has 0 aliphatic carbocycles. The number of rotatable bonds is 2. The van der Waals surface area contributed by atoms with E-state index in [2.05, 4.69) is 19.9 Å². The number of methoxy groups -OCH3 is 1. The first kappa shape index (κ1) is 11.7. The molecule has 0 bridgehead atoms. The van der Waals surface area contributed by atoms with Gasteiger partial charge in [0.15, 0.2) is 0 Å². The zero-order valence-corrected chi connectivity index (χ0v) is 10.3. The van der Waals surface area contributed by atoms with Crippen LogP contribution in [-0.2, 0) is 16.1 Å². The number of hydrogen-bond donors (Lipinski definition) is 0. The Kier molecular flexibility index (Phi) is 3.18. The summed E-state index contributed by atoms with van der Waals surface area (Å²) in [6.45, 7) is 4.52. The predicted molar refractivity (Wildman–Crippen MR) is 65.9 cm³/mol. The highest BCUT2D eigenvalue weighted by molar-refractivity contribution is 5.88. The van der Waals surface area contributed by atoms with Crippen molar-refractivity contribution in [3.63, 3.8) is 0 Å². The lowest BCUT2D eigenvalue weighted by atomic mass is 9.96. The van der Waals surface area contributed by atoms with Gasteiger partial charge < -0.3 is 9.47 Å². The van der Waals surface area contributed by atoms with E-state index in [1.807, 2.05) is 6.07 Å². The molecule has 0 unspecified atom stereocenters. The minimum atomic E-state index is -0.311. The van der Waals surface area contributed by atoms with Crippen molar-refractivity contribution >= 4 is 12.0 Å². The van der Waals surface area contributed by atoms with Crippen molar-refractivity contribution in [1.82, 2.24) is 0 Å². The van der Waals surface area contributed by atoms with Crippen LogP contribution in [0.5, 0.6) is 5.75 Å². The number of cyclic esters (lactones) is 1. The number of ether oxygens (including phenoxy) is 2. The third-order valence-electron chi connectivity index (χ3n) is 2.91. The van der Waals surface area contributed by atoms with Gasteiger partial charge in [-0.1, -0.05) is 19.9 Å². The summed E-state index contributed by atoms with van der Waals surface area (Å²) in [5.74, 6) is 0.891. The first-order chi connectivity index (χ1) is 8.11. The average molecular weight is 232 g/mol. The molecule has 0 amide bonds. The summed E-state index contributed by atoms with van der Waals surface area (Å²) >= 11 is 0. The Morgan fingerprint density at radius 3 is 2.71 bits per heavy atom. The van der Waals surface area contributed by atoms with E-state index in [0.29, 0.717) is 5.92 Å². The second-order valence-electron chi connectivity index (χ2n) is 4.39. The van der Waals surface area contributed by atoms with Crippen LogP contribution in [0.1, 0.15) is 36.5 Å². The first-order valence-corrected chi connectivity index (χ1v) is 5.67. The van der Waals surface area contributed by atoms with Gasteiger partial charge in [0.2, 0.25) is 0 Å². The summed E-state index contributed by atoms with van der Waals surface area (Å²) in [4.78, 5) is 11.2. The third kappa shape index (κ3) is 2.33. The fraction of sp³-hybridized carbons (Fsp3) is 0.357. The summed E-state index contributed by atoms with van der Waals surface area (Å²) < 4.78 is 10.4. The highest BCUT2D eigenvalue weighted by Gasteiger charge is 2.15. The van der Waals surface area contributed by atoms with Gasteiger partial charge in [-0.05, 0) is 29.2 Å². The van der Waals surface area contributed by atoms with E-state index in [1.54, 1.807) is 13.2 Å². The van der Waals surface area contributed by atoms with E-state index in [0.717, 1.165) is 16.9 Å². The minimum absolute atomic E-state index is 0.267. The lowest BCUT2D eigenvalue weighted by Crippen LogP contribution is -2.02. The van der Waals surface area contributed by atoms with Crippen LogP contribution in [0.3, 0.4) is 0 Å². The monoisotopic (exact) mass is 232 g/mol. The Hall–Kier alpha value is -1.77. The van der Waals surface area contributed by atoms with Crippen molar-refractivity contribution < 1.29 is 14.3 Å². The topological polar surface area (TPSA) is 35.5 Å². The number of esters is 1. The van der Waals surface area contributed by atoms with Crippen molar-refractivity contribution in [3.8, 4) is 5.75 Å². The zero-order valence-electron chi connectivity index (χ0n) is 10.3. The number of fused-ring (bicyclic) bond motifs is 1. The smallest absolute Gasteiger partial charge is 0.331 e. The van der Waals surface area contributed by atoms with Gasteiger partial charge in [0, 0.05) is 11.6 Å². The SMILES string of the molecule is COc1cc(C(C)C)cc2c1COC(=O)C=C2. The maximum Gasteiger partial charge on any atom is 0.331 e. The van der Waals surface area contributed by atoms with Gasteiger partial charge in [0.05, 0.1) is 7.11 Å². The van der Waals surface area contributed by atoms with Crippen molar-refractivity contribution in [3.05, 3.63) is 34.9 Å². The van der Waals surface area contributed by atoms with Crippen molar-refractivity contribution in [1.29, 1.82) is 0 Å². The molecule has 3 nitrogen and oxygen atoms in total. The van der Waals surface area contributed by atoms with Crippen molar-refractivity contribution in [2.75, 3.05) is 7.11 Å². The maximum absolute atomic E-state index is 11.2. The van der Waals surface area contributed by atoms with Gasteiger partial charge in [-0.25, -0.2) is 4.79 Å². The number of benzene rings is 1. The molecule has 1 aliphatic rings. The Morgan fingerprint density at radius 1 is 1.29 bits per heavy atom. The maximum atomic E-state index is 11.2. The number of carbonyl (C=O) groups excluding carboxylic acids is 1. The highest BCUT2D eigenvalue weighted by Crippen LogP contribution is 2.31. The molecule has 0 saturated carbocycles. The number of hydrogen-bond acceptors (Lipinski definition) is 3. The molecule has 17 heavy (non-hydrogen) atoms. The van der Waals surface area contributed by atoms with E-state index in [9.17, 15) is 4.79 Å². The molecule has 0 fully saturated rings. The fourth-order valence-electron chi connectivity index (χ4n) is 1.86. The van der Waals surface area contributed by atoms with Crippen molar-refractivity contribution in [2.45, 2.75) is 26.4 Å².